The molecular formula is C27H43NO4. The van der Waals surface area contributed by atoms with Crippen LogP contribution in [0.15, 0.2) is 40.2 Å². The Hall–Kier alpha value is -2.27. The molecule has 32 heavy (non-hydrogen) atoms. The Labute approximate surface area is 194 Å². The number of H-pyrrole nitrogens is 1. The normalized spacial score (nSPS) is 15.8. The monoisotopic (exact) mass is 445 g/mol. The van der Waals surface area contributed by atoms with E-state index in [0.717, 1.165) is 24.1 Å². The molecule has 0 amide bonds. The summed E-state index contributed by atoms with van der Waals surface area (Å²) in [6, 6.07) is 0. The van der Waals surface area contributed by atoms with Crippen molar-refractivity contribution in [3.8, 4) is 11.6 Å². The van der Waals surface area contributed by atoms with Gasteiger partial charge in [-0.1, -0.05) is 57.6 Å². The fraction of sp³-hybridized carbons (Fsp3) is 0.593. The molecule has 0 saturated heterocycles. The van der Waals surface area contributed by atoms with Gasteiger partial charge < -0.3 is 19.6 Å². The van der Waals surface area contributed by atoms with Gasteiger partial charge in [0.15, 0.2) is 0 Å². The third kappa shape index (κ3) is 8.34. The summed E-state index contributed by atoms with van der Waals surface area (Å²) in [5, 5.41) is 10.5. The van der Waals surface area contributed by atoms with Crippen LogP contribution in [0.4, 0.5) is 0 Å². The van der Waals surface area contributed by atoms with Crippen LogP contribution in [0.3, 0.4) is 0 Å². The number of rotatable bonds is 12. The summed E-state index contributed by atoms with van der Waals surface area (Å²) >= 11 is 0. The van der Waals surface area contributed by atoms with Crippen molar-refractivity contribution in [2.75, 3.05) is 14.2 Å². The lowest BCUT2D eigenvalue weighted by Crippen LogP contribution is -2.21. The van der Waals surface area contributed by atoms with Crippen molar-refractivity contribution in [2.24, 2.45) is 17.8 Å². The zero-order chi connectivity index (χ0) is 24.4. The molecule has 5 nitrogen and oxygen atoms in total. The number of nitrogens with one attached hydrogen (secondary N) is 1. The van der Waals surface area contributed by atoms with Crippen LogP contribution in [0.1, 0.15) is 65.6 Å². The summed E-state index contributed by atoms with van der Waals surface area (Å²) in [7, 11) is 2.98. The average Bonchev–Trinajstić information content (AvgIpc) is 2.73. The quantitative estimate of drug-likeness (QED) is 0.401. The smallest absolute Gasteiger partial charge is 0.238 e. The Bertz CT molecular complexity index is 876. The second kappa shape index (κ2) is 13.3. The Morgan fingerprint density at radius 3 is 2.34 bits per heavy atom. The number of aromatic amines is 1. The summed E-state index contributed by atoms with van der Waals surface area (Å²) in [6.07, 6.45) is 10.7. The number of aliphatic hydroxyl groups excluding tert-OH is 1. The highest BCUT2D eigenvalue weighted by atomic mass is 16.5. The van der Waals surface area contributed by atoms with Gasteiger partial charge >= 0.3 is 0 Å². The van der Waals surface area contributed by atoms with Gasteiger partial charge in [0.05, 0.1) is 20.3 Å². The van der Waals surface area contributed by atoms with Crippen LogP contribution in [0, 0.1) is 24.7 Å². The molecule has 0 spiro atoms. The zero-order valence-electron chi connectivity index (χ0n) is 21.4. The predicted molar refractivity (Wildman–Crippen MR) is 134 cm³/mol. The van der Waals surface area contributed by atoms with E-state index in [0.29, 0.717) is 29.7 Å². The summed E-state index contributed by atoms with van der Waals surface area (Å²) in [4.78, 5) is 15.6. The minimum atomic E-state index is -0.387. The summed E-state index contributed by atoms with van der Waals surface area (Å²) in [5.41, 5.74) is 3.62. The largest absolute Gasteiger partial charge is 0.488 e. The highest BCUT2D eigenvalue weighted by molar-refractivity contribution is 5.40. The number of methoxy groups -OCH3 is 2. The molecule has 0 unspecified atom stereocenters. The van der Waals surface area contributed by atoms with Crippen LogP contribution in [0.25, 0.3) is 0 Å². The first-order chi connectivity index (χ1) is 15.0. The molecule has 0 aliphatic carbocycles. The number of hydrogen-bond donors (Lipinski definition) is 2. The van der Waals surface area contributed by atoms with Gasteiger partial charge in [0.2, 0.25) is 17.1 Å². The highest BCUT2D eigenvalue weighted by Gasteiger charge is 2.18. The van der Waals surface area contributed by atoms with E-state index in [9.17, 15) is 9.90 Å². The molecule has 0 saturated carbocycles. The zero-order valence-corrected chi connectivity index (χ0v) is 21.4. The molecule has 1 rings (SSSR count). The molecule has 0 aromatic carbocycles. The average molecular weight is 446 g/mol. The maximum atomic E-state index is 12.4. The van der Waals surface area contributed by atoms with E-state index in [4.69, 9.17) is 9.47 Å². The molecule has 5 heteroatoms. The van der Waals surface area contributed by atoms with E-state index < -0.39 is 0 Å². The van der Waals surface area contributed by atoms with E-state index in [2.05, 4.69) is 63.9 Å². The number of hydrogen-bond acceptors (Lipinski definition) is 4. The SMILES string of the molecule is COc1[nH]c(CC=C(C)CC=C[C@H](C)C[C@H](C)[C@@H](O)C(C)=CC(C)C)c(C)c(=O)c1OC. The number of aliphatic hydroxyl groups is 1. The van der Waals surface area contributed by atoms with E-state index in [1.807, 2.05) is 6.92 Å². The Balaban J connectivity index is 2.69. The van der Waals surface area contributed by atoms with Gasteiger partial charge in [-0.15, -0.1) is 0 Å². The summed E-state index contributed by atoms with van der Waals surface area (Å²) in [5.74, 6) is 1.62. The van der Waals surface area contributed by atoms with Crippen molar-refractivity contribution < 1.29 is 14.6 Å². The van der Waals surface area contributed by atoms with Gasteiger partial charge in [-0.3, -0.25) is 4.79 Å². The van der Waals surface area contributed by atoms with Gasteiger partial charge in [-0.2, -0.15) is 0 Å². The maximum Gasteiger partial charge on any atom is 0.238 e. The van der Waals surface area contributed by atoms with Crippen LogP contribution in [-0.2, 0) is 6.42 Å². The Morgan fingerprint density at radius 1 is 1.12 bits per heavy atom. The van der Waals surface area contributed by atoms with Crippen molar-refractivity contribution in [3.05, 3.63) is 56.9 Å². The topological polar surface area (TPSA) is 71.5 Å². The lowest BCUT2D eigenvalue weighted by atomic mass is 9.88. The van der Waals surface area contributed by atoms with E-state index >= 15 is 0 Å². The molecular weight excluding hydrogens is 402 g/mol. The number of pyridine rings is 1. The van der Waals surface area contributed by atoms with Crippen molar-refractivity contribution in [1.29, 1.82) is 0 Å². The third-order valence-corrected chi connectivity index (χ3v) is 5.78. The minimum Gasteiger partial charge on any atom is -0.488 e. The van der Waals surface area contributed by atoms with Crippen LogP contribution < -0.4 is 14.9 Å². The second-order valence-electron chi connectivity index (χ2n) is 9.30. The molecule has 2 N–H and O–H groups in total. The van der Waals surface area contributed by atoms with Crippen molar-refractivity contribution in [2.45, 2.75) is 73.8 Å². The molecule has 180 valence electrons. The van der Waals surface area contributed by atoms with Crippen LogP contribution in [0.2, 0.25) is 0 Å². The third-order valence-electron chi connectivity index (χ3n) is 5.78. The molecule has 3 atom stereocenters. The first-order valence-corrected chi connectivity index (χ1v) is 11.5. The Kier molecular flexibility index (Phi) is 11.6. The van der Waals surface area contributed by atoms with Gasteiger partial charge in [0.1, 0.15) is 0 Å². The molecule has 1 aromatic rings. The molecule has 0 fully saturated rings. The first-order valence-electron chi connectivity index (χ1n) is 11.5. The van der Waals surface area contributed by atoms with E-state index in [1.54, 1.807) is 6.92 Å². The lowest BCUT2D eigenvalue weighted by Gasteiger charge is -2.22. The number of ether oxygens (including phenoxy) is 2. The molecule has 1 heterocycles. The first kappa shape index (κ1) is 27.8. The van der Waals surface area contributed by atoms with Gasteiger partial charge in [0.25, 0.3) is 0 Å². The number of aromatic nitrogens is 1. The standard InChI is InChI=1S/C27H43NO4/c1-17(2)15-20(5)24(29)21(6)16-19(4)12-10-11-18(3)13-14-23-22(7)25(30)26(31-8)27(28-23)32-9/h10,12-13,15,17,19,21,24,29H,11,14,16H2,1-9H3,(H,28,30)/t19-,21-,24-/m0/s1. The van der Waals surface area contributed by atoms with Crippen molar-refractivity contribution >= 4 is 0 Å². The number of allylic oxidation sites excluding steroid dienone is 5. The van der Waals surface area contributed by atoms with Crippen LogP contribution in [0.5, 0.6) is 11.6 Å². The van der Waals surface area contributed by atoms with Gasteiger partial charge in [0, 0.05) is 17.7 Å². The molecule has 0 radical (unpaired) electrons. The van der Waals surface area contributed by atoms with Gasteiger partial charge in [-0.25, -0.2) is 0 Å². The fourth-order valence-corrected chi connectivity index (χ4v) is 3.94. The predicted octanol–water partition coefficient (Wildman–Crippen LogP) is 5.76. The maximum absolute atomic E-state index is 12.4. The Morgan fingerprint density at radius 2 is 1.78 bits per heavy atom. The van der Waals surface area contributed by atoms with Gasteiger partial charge in [-0.05, 0) is 56.9 Å². The minimum absolute atomic E-state index is 0.146. The molecule has 1 aromatic heterocycles. The van der Waals surface area contributed by atoms with E-state index in [1.165, 1.54) is 19.8 Å². The fourth-order valence-electron chi connectivity index (χ4n) is 3.94. The highest BCUT2D eigenvalue weighted by Crippen LogP contribution is 2.23. The van der Waals surface area contributed by atoms with Crippen LogP contribution >= 0.6 is 0 Å². The molecule has 0 bridgehead atoms. The summed E-state index contributed by atoms with van der Waals surface area (Å²) < 4.78 is 10.4. The summed E-state index contributed by atoms with van der Waals surface area (Å²) in [6.45, 7) is 14.5. The van der Waals surface area contributed by atoms with Crippen molar-refractivity contribution in [1.82, 2.24) is 4.98 Å². The molecule has 0 aliphatic heterocycles. The molecule has 0 aliphatic rings. The second-order valence-corrected chi connectivity index (χ2v) is 9.30. The lowest BCUT2D eigenvalue weighted by molar-refractivity contribution is 0.139. The van der Waals surface area contributed by atoms with Crippen molar-refractivity contribution in [3.63, 3.8) is 0 Å². The van der Waals surface area contributed by atoms with E-state index in [-0.39, 0.29) is 23.2 Å². The van der Waals surface area contributed by atoms with Crippen LogP contribution in [-0.4, -0.2) is 30.4 Å².